The lowest BCUT2D eigenvalue weighted by Gasteiger charge is -2.40. The first kappa shape index (κ1) is 18.5. The van der Waals surface area contributed by atoms with Crippen LogP contribution in [0.25, 0.3) is 0 Å². The van der Waals surface area contributed by atoms with Gasteiger partial charge in [-0.15, -0.1) is 0 Å². The number of rotatable bonds is 7. The molecule has 3 nitrogen and oxygen atoms in total. The average molecular weight is 309 g/mol. The molecule has 0 radical (unpaired) electrons. The molecule has 0 N–H and O–H groups in total. The maximum Gasteiger partial charge on any atom is 0.311 e. The zero-order valence-electron chi connectivity index (χ0n) is 14.2. The predicted octanol–water partition coefficient (Wildman–Crippen LogP) is 3.40. The lowest BCUT2D eigenvalue weighted by Crippen LogP contribution is -2.59. The number of hydrogen-bond acceptors (Lipinski definition) is 2. The third-order valence-electron chi connectivity index (χ3n) is 2.74. The molecule has 0 rings (SSSR count). The largest absolute Gasteiger partial charge is 0.437 e. The van der Waals surface area contributed by atoms with Crippen LogP contribution in [0.5, 0.6) is 0 Å². The van der Waals surface area contributed by atoms with E-state index in [1.54, 1.807) is 0 Å². The minimum absolute atomic E-state index is 1.04. The molecule has 0 aromatic rings. The van der Waals surface area contributed by atoms with Gasteiger partial charge < -0.3 is 12.7 Å². The molecule has 0 bridgehead atoms. The maximum atomic E-state index is 6.51. The molecule has 0 aliphatic carbocycles. The maximum absolute atomic E-state index is 6.51. The molecule has 0 spiro atoms. The molecule has 110 valence electrons. The van der Waals surface area contributed by atoms with Crippen LogP contribution >= 0.6 is 0 Å². The summed E-state index contributed by atoms with van der Waals surface area (Å²) in [7, 11) is -0.575. The van der Waals surface area contributed by atoms with E-state index in [2.05, 4.69) is 66.8 Å². The summed E-state index contributed by atoms with van der Waals surface area (Å²) in [6.45, 7) is 19.2. The molecule has 18 heavy (non-hydrogen) atoms. The van der Waals surface area contributed by atoms with Crippen LogP contribution in [0.1, 0.15) is 6.92 Å². The molecule has 0 atom stereocenters. The number of hydrogen-bond donors (Lipinski definition) is 0. The molecule has 0 aliphatic heterocycles. The van der Waals surface area contributed by atoms with E-state index in [9.17, 15) is 0 Å². The van der Waals surface area contributed by atoms with E-state index >= 15 is 0 Å². The standard InChI is InChI=1S/C12H34NO2Si3/c1-11-13(2,3)12-17(7,8)15-18(9,10)14-16(4,5)6/h11-12H2,1-10H3/q+1. The van der Waals surface area contributed by atoms with E-state index in [1.807, 2.05) is 0 Å². The van der Waals surface area contributed by atoms with Gasteiger partial charge >= 0.3 is 8.56 Å². The monoisotopic (exact) mass is 308 g/mol. The van der Waals surface area contributed by atoms with Gasteiger partial charge in [0.2, 0.25) is 8.32 Å². The second-order valence-corrected chi connectivity index (χ2v) is 20.4. The third-order valence-corrected chi connectivity index (χ3v) is 12.9. The Labute approximate surface area is 118 Å². The fraction of sp³-hybridized carbons (Fsp3) is 1.00. The molecule has 0 fully saturated rings. The summed E-state index contributed by atoms with van der Waals surface area (Å²) >= 11 is 0. The highest BCUT2D eigenvalue weighted by molar-refractivity contribution is 6.87. The van der Waals surface area contributed by atoms with Crippen LogP contribution in [-0.2, 0) is 8.23 Å². The van der Waals surface area contributed by atoms with Crippen LogP contribution in [0.2, 0.25) is 45.8 Å². The van der Waals surface area contributed by atoms with Gasteiger partial charge in [0, 0.05) is 0 Å². The summed E-state index contributed by atoms with van der Waals surface area (Å²) in [5.41, 5.74) is 0. The molecular weight excluding hydrogens is 274 g/mol. The molecule has 0 aliphatic rings. The zero-order chi connectivity index (χ0) is 14.8. The summed E-state index contributed by atoms with van der Waals surface area (Å²) in [6.07, 6.45) is 1.15. The molecule has 0 saturated carbocycles. The summed E-state index contributed by atoms with van der Waals surface area (Å²) in [6, 6.07) is 0. The van der Waals surface area contributed by atoms with Crippen LogP contribution in [0.3, 0.4) is 0 Å². The van der Waals surface area contributed by atoms with Gasteiger partial charge in [-0.2, -0.15) is 0 Å². The molecule has 6 heteroatoms. The van der Waals surface area contributed by atoms with Crippen LogP contribution < -0.4 is 0 Å². The molecule has 0 aromatic carbocycles. The van der Waals surface area contributed by atoms with E-state index in [1.165, 1.54) is 0 Å². The van der Waals surface area contributed by atoms with Crippen molar-refractivity contribution in [2.75, 3.05) is 26.8 Å². The topological polar surface area (TPSA) is 18.5 Å². The van der Waals surface area contributed by atoms with Gasteiger partial charge in [0.15, 0.2) is 8.32 Å². The van der Waals surface area contributed by atoms with E-state index < -0.39 is 25.2 Å². The number of quaternary nitrogens is 1. The van der Waals surface area contributed by atoms with E-state index in [-0.39, 0.29) is 0 Å². The molecule has 0 amide bonds. The summed E-state index contributed by atoms with van der Waals surface area (Å²) < 4.78 is 13.8. The zero-order valence-corrected chi connectivity index (χ0v) is 17.2. The Kier molecular flexibility index (Phi) is 6.06. The highest BCUT2D eigenvalue weighted by Gasteiger charge is 2.41. The van der Waals surface area contributed by atoms with Crippen LogP contribution in [0.15, 0.2) is 0 Å². The SMILES string of the molecule is CC[N+](C)(C)C[Si](C)(C)O[Si](C)(C)O[Si](C)(C)C. The quantitative estimate of drug-likeness (QED) is 0.530. The van der Waals surface area contributed by atoms with Crippen molar-refractivity contribution in [2.45, 2.75) is 52.8 Å². The lowest BCUT2D eigenvalue weighted by molar-refractivity contribution is -0.879. The van der Waals surface area contributed by atoms with E-state index in [4.69, 9.17) is 8.23 Å². The van der Waals surface area contributed by atoms with Crippen molar-refractivity contribution >= 4 is 25.2 Å². The Morgan fingerprint density at radius 2 is 1.28 bits per heavy atom. The normalized spacial score (nSPS) is 15.0. The first-order chi connectivity index (χ1) is 7.68. The fourth-order valence-corrected chi connectivity index (χ4v) is 16.9. The average Bonchev–Trinajstić information content (AvgIpc) is 1.93. The van der Waals surface area contributed by atoms with Gasteiger partial charge in [-0.25, -0.2) is 0 Å². The highest BCUT2D eigenvalue weighted by atomic mass is 28.5. The van der Waals surface area contributed by atoms with Crippen molar-refractivity contribution < 1.29 is 12.7 Å². The Morgan fingerprint density at radius 1 is 0.833 bits per heavy atom. The Morgan fingerprint density at radius 3 is 1.61 bits per heavy atom. The molecule has 0 saturated heterocycles. The van der Waals surface area contributed by atoms with Gasteiger partial charge in [-0.1, -0.05) is 0 Å². The van der Waals surface area contributed by atoms with E-state index in [0.29, 0.717) is 0 Å². The van der Waals surface area contributed by atoms with Crippen LogP contribution in [0.4, 0.5) is 0 Å². The van der Waals surface area contributed by atoms with Crippen molar-refractivity contribution in [1.29, 1.82) is 0 Å². The number of nitrogens with zero attached hydrogens (tertiary/aromatic N) is 1. The van der Waals surface area contributed by atoms with Crippen LogP contribution in [0, 0.1) is 0 Å². The lowest BCUT2D eigenvalue weighted by atomic mass is 10.6. The van der Waals surface area contributed by atoms with Gasteiger partial charge in [0.25, 0.3) is 0 Å². The first-order valence-corrected chi connectivity index (χ1v) is 16.2. The van der Waals surface area contributed by atoms with Gasteiger partial charge in [0.05, 0.1) is 26.8 Å². The van der Waals surface area contributed by atoms with Crippen LogP contribution in [-0.4, -0.2) is 56.5 Å². The van der Waals surface area contributed by atoms with Crippen molar-refractivity contribution in [1.82, 2.24) is 0 Å². The third kappa shape index (κ3) is 8.60. The second-order valence-electron chi connectivity index (χ2n) is 7.89. The van der Waals surface area contributed by atoms with Gasteiger partial charge in [-0.3, -0.25) is 0 Å². The van der Waals surface area contributed by atoms with Crippen molar-refractivity contribution in [2.24, 2.45) is 0 Å². The van der Waals surface area contributed by atoms with E-state index in [0.717, 1.165) is 17.2 Å². The minimum atomic E-state index is -1.97. The molecule has 0 unspecified atom stereocenters. The Hall–Kier alpha value is 0.531. The predicted molar refractivity (Wildman–Crippen MR) is 88.0 cm³/mol. The Bertz CT molecular complexity index is 273. The summed E-state index contributed by atoms with van der Waals surface area (Å²) in [5.74, 6) is 0. The van der Waals surface area contributed by atoms with Gasteiger partial charge in [-0.05, 0) is 52.8 Å². The van der Waals surface area contributed by atoms with Crippen molar-refractivity contribution in [3.05, 3.63) is 0 Å². The van der Waals surface area contributed by atoms with Crippen molar-refractivity contribution in [3.63, 3.8) is 0 Å². The summed E-state index contributed by atoms with van der Waals surface area (Å²) in [4.78, 5) is 0. The molecular formula is C12H34NO2Si3+. The smallest absolute Gasteiger partial charge is 0.311 e. The fourth-order valence-electron chi connectivity index (χ4n) is 2.60. The minimum Gasteiger partial charge on any atom is -0.437 e. The Balaban J connectivity index is 4.66. The van der Waals surface area contributed by atoms with Crippen molar-refractivity contribution in [3.8, 4) is 0 Å². The second kappa shape index (κ2) is 5.89. The molecule has 0 aromatic heterocycles. The van der Waals surface area contributed by atoms with Gasteiger partial charge in [0.1, 0.15) is 0 Å². The summed E-state index contributed by atoms with van der Waals surface area (Å²) in [5, 5.41) is 0. The molecule has 0 heterocycles. The first-order valence-electron chi connectivity index (χ1n) is 6.90. The highest BCUT2D eigenvalue weighted by Crippen LogP contribution is 2.21.